The molecule has 2 fully saturated rings. The molecular weight excluding hydrogens is 226 g/mol. The minimum atomic E-state index is 0.381. The van der Waals surface area contributed by atoms with Gasteiger partial charge >= 0.3 is 0 Å². The van der Waals surface area contributed by atoms with E-state index in [2.05, 4.69) is 29.2 Å². The average Bonchev–Trinajstić information content (AvgIpc) is 2.95. The zero-order chi connectivity index (χ0) is 13.0. The van der Waals surface area contributed by atoms with Crippen molar-refractivity contribution in [3.05, 3.63) is 0 Å². The Morgan fingerprint density at radius 2 is 2.22 bits per heavy atom. The van der Waals surface area contributed by atoms with Crippen molar-refractivity contribution in [3.63, 3.8) is 0 Å². The van der Waals surface area contributed by atoms with E-state index >= 15 is 0 Å². The fraction of sp³-hybridized carbons (Fsp3) is 0.929. The largest absolute Gasteiger partial charge is 0.338 e. The summed E-state index contributed by atoms with van der Waals surface area (Å²) in [5, 5.41) is 3.37. The second-order valence-electron chi connectivity index (χ2n) is 6.04. The van der Waals surface area contributed by atoms with Gasteiger partial charge in [0.05, 0.1) is 0 Å². The third kappa shape index (κ3) is 3.69. The molecule has 0 radical (unpaired) electrons. The van der Waals surface area contributed by atoms with Crippen molar-refractivity contribution >= 4 is 5.91 Å². The maximum Gasteiger partial charge on any atom is 0.222 e. The van der Waals surface area contributed by atoms with Gasteiger partial charge in [-0.1, -0.05) is 0 Å². The summed E-state index contributed by atoms with van der Waals surface area (Å²) in [5.41, 5.74) is 0. The highest BCUT2D eigenvalue weighted by Gasteiger charge is 2.29. The van der Waals surface area contributed by atoms with Crippen LogP contribution in [-0.4, -0.2) is 62.0 Å². The van der Waals surface area contributed by atoms with Crippen LogP contribution in [0.15, 0.2) is 0 Å². The van der Waals surface area contributed by atoms with Crippen molar-refractivity contribution in [1.82, 2.24) is 15.1 Å². The number of nitrogens with one attached hydrogen (secondary N) is 1. The zero-order valence-corrected chi connectivity index (χ0v) is 11.8. The van der Waals surface area contributed by atoms with Crippen LogP contribution in [0, 0.1) is 5.92 Å². The molecule has 2 aliphatic heterocycles. The maximum absolute atomic E-state index is 12.3. The topological polar surface area (TPSA) is 35.6 Å². The molecule has 2 atom stereocenters. The van der Waals surface area contributed by atoms with Gasteiger partial charge < -0.3 is 15.1 Å². The van der Waals surface area contributed by atoms with Crippen LogP contribution in [0.4, 0.5) is 0 Å². The summed E-state index contributed by atoms with van der Waals surface area (Å²) in [6.07, 6.45) is 5.41. The van der Waals surface area contributed by atoms with Crippen LogP contribution >= 0.6 is 0 Å². The smallest absolute Gasteiger partial charge is 0.222 e. The van der Waals surface area contributed by atoms with E-state index in [0.717, 1.165) is 44.9 Å². The number of likely N-dealkylation sites (N-methyl/N-ethyl adjacent to an activating group) is 1. The van der Waals surface area contributed by atoms with Crippen molar-refractivity contribution in [2.75, 3.05) is 40.3 Å². The molecule has 1 amide bonds. The van der Waals surface area contributed by atoms with Crippen LogP contribution in [0.2, 0.25) is 0 Å². The number of rotatable bonds is 5. The second kappa shape index (κ2) is 6.53. The molecule has 0 aliphatic carbocycles. The fourth-order valence-electron chi connectivity index (χ4n) is 3.21. The summed E-state index contributed by atoms with van der Waals surface area (Å²) in [5.74, 6) is 1.11. The van der Waals surface area contributed by atoms with Gasteiger partial charge in [-0.25, -0.2) is 0 Å². The first-order valence-electron chi connectivity index (χ1n) is 7.31. The summed E-state index contributed by atoms with van der Waals surface area (Å²) in [6.45, 7) is 4.22. The fourth-order valence-corrected chi connectivity index (χ4v) is 3.21. The molecule has 104 valence electrons. The molecule has 2 rings (SSSR count). The quantitative estimate of drug-likeness (QED) is 0.792. The van der Waals surface area contributed by atoms with Gasteiger partial charge in [0.15, 0.2) is 0 Å². The lowest BCUT2D eigenvalue weighted by Crippen LogP contribution is -2.41. The lowest BCUT2D eigenvalue weighted by molar-refractivity contribution is -0.132. The van der Waals surface area contributed by atoms with Crippen LogP contribution in [0.3, 0.4) is 0 Å². The Bertz CT molecular complexity index is 274. The van der Waals surface area contributed by atoms with Crippen LogP contribution < -0.4 is 5.32 Å². The molecular formula is C14H27N3O. The zero-order valence-electron chi connectivity index (χ0n) is 11.8. The van der Waals surface area contributed by atoms with Gasteiger partial charge in [-0.05, 0) is 58.8 Å². The molecule has 2 heterocycles. The lowest BCUT2D eigenvalue weighted by atomic mass is 10.0. The van der Waals surface area contributed by atoms with Gasteiger partial charge in [-0.2, -0.15) is 0 Å². The number of carbonyl (C=O) groups is 1. The summed E-state index contributed by atoms with van der Waals surface area (Å²) in [7, 11) is 4.18. The van der Waals surface area contributed by atoms with Gasteiger partial charge in [-0.3, -0.25) is 4.79 Å². The Morgan fingerprint density at radius 1 is 1.39 bits per heavy atom. The summed E-state index contributed by atoms with van der Waals surface area (Å²) < 4.78 is 0. The number of hydrogen-bond donors (Lipinski definition) is 1. The normalized spacial score (nSPS) is 28.3. The molecule has 4 nitrogen and oxygen atoms in total. The first kappa shape index (κ1) is 13.8. The van der Waals surface area contributed by atoms with Crippen LogP contribution in [0.25, 0.3) is 0 Å². The highest BCUT2D eigenvalue weighted by molar-refractivity contribution is 5.76. The second-order valence-corrected chi connectivity index (χ2v) is 6.04. The molecule has 0 bridgehead atoms. The molecule has 2 aliphatic rings. The number of amides is 1. The monoisotopic (exact) mass is 253 g/mol. The highest BCUT2D eigenvalue weighted by atomic mass is 16.2. The number of nitrogens with zero attached hydrogens (tertiary/aromatic N) is 2. The number of carbonyl (C=O) groups excluding carboxylic acids is 1. The molecule has 2 unspecified atom stereocenters. The average molecular weight is 253 g/mol. The summed E-state index contributed by atoms with van der Waals surface area (Å²) in [6, 6.07) is 0.453. The molecule has 2 saturated heterocycles. The first-order chi connectivity index (χ1) is 8.66. The van der Waals surface area contributed by atoms with E-state index in [1.54, 1.807) is 0 Å². The van der Waals surface area contributed by atoms with Crippen molar-refractivity contribution in [2.45, 2.75) is 38.1 Å². The minimum Gasteiger partial charge on any atom is -0.338 e. The third-order valence-electron chi connectivity index (χ3n) is 4.20. The predicted octanol–water partition coefficient (Wildman–Crippen LogP) is 0.929. The Hall–Kier alpha value is -0.610. The predicted molar refractivity (Wildman–Crippen MR) is 73.5 cm³/mol. The van der Waals surface area contributed by atoms with E-state index in [1.807, 2.05) is 0 Å². The molecule has 18 heavy (non-hydrogen) atoms. The molecule has 0 aromatic heterocycles. The molecule has 1 N–H and O–H groups in total. The van der Waals surface area contributed by atoms with Crippen molar-refractivity contribution < 1.29 is 4.79 Å². The van der Waals surface area contributed by atoms with Crippen molar-refractivity contribution in [1.29, 1.82) is 0 Å². The SMILES string of the molecule is CN(C)CC1CCCN1C(=O)CCC1CCNC1. The van der Waals surface area contributed by atoms with Gasteiger partial charge in [0.25, 0.3) is 0 Å². The molecule has 0 aromatic rings. The summed E-state index contributed by atoms with van der Waals surface area (Å²) >= 11 is 0. The van der Waals surface area contributed by atoms with Gasteiger partial charge in [0.2, 0.25) is 5.91 Å². The molecule has 0 aromatic carbocycles. The Labute approximate surface area is 111 Å². The van der Waals surface area contributed by atoms with E-state index in [-0.39, 0.29) is 0 Å². The molecule has 0 saturated carbocycles. The Morgan fingerprint density at radius 3 is 2.89 bits per heavy atom. The molecule has 4 heteroatoms. The van der Waals surface area contributed by atoms with E-state index in [1.165, 1.54) is 19.3 Å². The third-order valence-corrected chi connectivity index (χ3v) is 4.20. The van der Waals surface area contributed by atoms with Crippen LogP contribution in [0.1, 0.15) is 32.1 Å². The first-order valence-corrected chi connectivity index (χ1v) is 7.31. The number of likely N-dealkylation sites (tertiary alicyclic amines) is 1. The Balaban J connectivity index is 1.76. The van der Waals surface area contributed by atoms with Gasteiger partial charge in [0, 0.05) is 25.6 Å². The summed E-state index contributed by atoms with van der Waals surface area (Å²) in [4.78, 5) is 16.6. The van der Waals surface area contributed by atoms with E-state index in [4.69, 9.17) is 0 Å². The van der Waals surface area contributed by atoms with E-state index in [9.17, 15) is 4.79 Å². The molecule has 0 spiro atoms. The minimum absolute atomic E-state index is 0.381. The highest BCUT2D eigenvalue weighted by Crippen LogP contribution is 2.21. The standard InChI is InChI=1S/C14H27N3O/c1-16(2)11-13-4-3-9-17(13)14(18)6-5-12-7-8-15-10-12/h12-13,15H,3-11H2,1-2H3. The van der Waals surface area contributed by atoms with E-state index in [0.29, 0.717) is 11.9 Å². The van der Waals surface area contributed by atoms with Gasteiger partial charge in [0.1, 0.15) is 0 Å². The maximum atomic E-state index is 12.3. The van der Waals surface area contributed by atoms with Crippen molar-refractivity contribution in [3.8, 4) is 0 Å². The van der Waals surface area contributed by atoms with Crippen molar-refractivity contribution in [2.24, 2.45) is 5.92 Å². The van der Waals surface area contributed by atoms with Gasteiger partial charge in [-0.15, -0.1) is 0 Å². The van der Waals surface area contributed by atoms with Crippen LogP contribution in [0.5, 0.6) is 0 Å². The Kier molecular flexibility index (Phi) is 5.01. The number of hydrogen-bond acceptors (Lipinski definition) is 3. The van der Waals surface area contributed by atoms with E-state index < -0.39 is 0 Å². The van der Waals surface area contributed by atoms with Crippen LogP contribution in [-0.2, 0) is 4.79 Å². The lowest BCUT2D eigenvalue weighted by Gasteiger charge is -2.27.